The van der Waals surface area contributed by atoms with Crippen LogP contribution in [0.25, 0.3) is 0 Å². The predicted molar refractivity (Wildman–Crippen MR) is 61.5 cm³/mol. The average molecular weight is 206 g/mol. The standard InChI is InChI=1S/C13H18O2/c1-2-6-13(14)9-10-15-11-12-7-4-3-5-8-12/h2-8,13-14H,9-11H2,1H3/b6-2-. The summed E-state index contributed by atoms with van der Waals surface area (Å²) < 4.78 is 5.44. The number of rotatable bonds is 6. The van der Waals surface area contributed by atoms with Gasteiger partial charge in [-0.2, -0.15) is 0 Å². The SMILES string of the molecule is C/C=C\C(O)CCOCc1ccccc1. The molecule has 0 heterocycles. The molecule has 0 radical (unpaired) electrons. The lowest BCUT2D eigenvalue weighted by atomic mass is 10.2. The summed E-state index contributed by atoms with van der Waals surface area (Å²) in [5.41, 5.74) is 1.16. The number of hydrogen-bond acceptors (Lipinski definition) is 2. The van der Waals surface area contributed by atoms with Gasteiger partial charge in [0.2, 0.25) is 0 Å². The quantitative estimate of drug-likeness (QED) is 0.572. The van der Waals surface area contributed by atoms with E-state index in [2.05, 4.69) is 0 Å². The summed E-state index contributed by atoms with van der Waals surface area (Å²) >= 11 is 0. The second-order valence-electron chi connectivity index (χ2n) is 3.42. The maximum Gasteiger partial charge on any atom is 0.0742 e. The summed E-state index contributed by atoms with van der Waals surface area (Å²) in [5, 5.41) is 9.38. The van der Waals surface area contributed by atoms with Crippen LogP contribution in [0.1, 0.15) is 18.9 Å². The van der Waals surface area contributed by atoms with Crippen molar-refractivity contribution in [2.45, 2.75) is 26.1 Å². The number of aliphatic hydroxyl groups is 1. The molecule has 1 rings (SSSR count). The van der Waals surface area contributed by atoms with Crippen molar-refractivity contribution in [2.75, 3.05) is 6.61 Å². The van der Waals surface area contributed by atoms with Gasteiger partial charge >= 0.3 is 0 Å². The molecule has 0 bridgehead atoms. The molecule has 15 heavy (non-hydrogen) atoms. The topological polar surface area (TPSA) is 29.5 Å². The van der Waals surface area contributed by atoms with Crippen molar-refractivity contribution in [2.24, 2.45) is 0 Å². The van der Waals surface area contributed by atoms with Crippen LogP contribution in [-0.2, 0) is 11.3 Å². The van der Waals surface area contributed by atoms with E-state index in [4.69, 9.17) is 4.74 Å². The van der Waals surface area contributed by atoms with Crippen molar-refractivity contribution in [3.8, 4) is 0 Å². The minimum absolute atomic E-state index is 0.384. The summed E-state index contributed by atoms with van der Waals surface area (Å²) in [5.74, 6) is 0. The maximum absolute atomic E-state index is 9.38. The molecule has 0 amide bonds. The summed E-state index contributed by atoms with van der Waals surface area (Å²) in [6.07, 6.45) is 3.89. The van der Waals surface area contributed by atoms with E-state index in [0.29, 0.717) is 19.6 Å². The van der Waals surface area contributed by atoms with Crippen molar-refractivity contribution in [3.05, 3.63) is 48.0 Å². The smallest absolute Gasteiger partial charge is 0.0742 e. The monoisotopic (exact) mass is 206 g/mol. The molecule has 0 fully saturated rings. The Hall–Kier alpha value is -1.12. The highest BCUT2D eigenvalue weighted by Crippen LogP contribution is 2.02. The van der Waals surface area contributed by atoms with Gasteiger partial charge in [-0.05, 0) is 12.5 Å². The van der Waals surface area contributed by atoms with Gasteiger partial charge in [-0.15, -0.1) is 0 Å². The molecular formula is C13H18O2. The van der Waals surface area contributed by atoms with Crippen LogP contribution in [0, 0.1) is 0 Å². The first kappa shape index (κ1) is 12.0. The lowest BCUT2D eigenvalue weighted by Gasteiger charge is -2.06. The van der Waals surface area contributed by atoms with Crippen LogP contribution in [0.4, 0.5) is 0 Å². The lowest BCUT2D eigenvalue weighted by molar-refractivity contribution is 0.0883. The Balaban J connectivity index is 2.12. The molecule has 0 spiro atoms. The lowest BCUT2D eigenvalue weighted by Crippen LogP contribution is -2.07. The molecule has 0 saturated heterocycles. The van der Waals surface area contributed by atoms with Crippen molar-refractivity contribution >= 4 is 0 Å². The number of ether oxygens (including phenoxy) is 1. The summed E-state index contributed by atoms with van der Waals surface area (Å²) in [7, 11) is 0. The number of aliphatic hydroxyl groups excluding tert-OH is 1. The van der Waals surface area contributed by atoms with Crippen molar-refractivity contribution in [1.29, 1.82) is 0 Å². The Kier molecular flexibility index (Phi) is 5.74. The van der Waals surface area contributed by atoms with E-state index < -0.39 is 0 Å². The maximum atomic E-state index is 9.38. The van der Waals surface area contributed by atoms with E-state index >= 15 is 0 Å². The molecule has 0 saturated carbocycles. The fraction of sp³-hybridized carbons (Fsp3) is 0.385. The highest BCUT2D eigenvalue weighted by Gasteiger charge is 1.98. The first-order chi connectivity index (χ1) is 7.33. The zero-order valence-electron chi connectivity index (χ0n) is 9.10. The Morgan fingerprint density at radius 2 is 2.07 bits per heavy atom. The zero-order valence-corrected chi connectivity index (χ0v) is 9.10. The fourth-order valence-electron chi connectivity index (χ4n) is 1.29. The van der Waals surface area contributed by atoms with Crippen LogP contribution in [0.15, 0.2) is 42.5 Å². The van der Waals surface area contributed by atoms with Crippen LogP contribution in [-0.4, -0.2) is 17.8 Å². The molecule has 0 aliphatic carbocycles. The van der Waals surface area contributed by atoms with E-state index in [-0.39, 0.29) is 6.10 Å². The van der Waals surface area contributed by atoms with Crippen LogP contribution in [0.3, 0.4) is 0 Å². The molecular weight excluding hydrogens is 188 g/mol. The second-order valence-corrected chi connectivity index (χ2v) is 3.42. The summed E-state index contributed by atoms with van der Waals surface area (Å²) in [6, 6.07) is 10.0. The van der Waals surface area contributed by atoms with E-state index in [0.717, 1.165) is 5.56 Å². The molecule has 1 aromatic carbocycles. The molecule has 2 heteroatoms. The molecule has 0 aromatic heterocycles. The Morgan fingerprint density at radius 1 is 1.33 bits per heavy atom. The van der Waals surface area contributed by atoms with Crippen LogP contribution >= 0.6 is 0 Å². The third kappa shape index (κ3) is 5.35. The minimum atomic E-state index is -0.384. The fourth-order valence-corrected chi connectivity index (χ4v) is 1.29. The number of hydrogen-bond donors (Lipinski definition) is 1. The molecule has 1 unspecified atom stereocenters. The van der Waals surface area contributed by atoms with Gasteiger partial charge in [0, 0.05) is 13.0 Å². The molecule has 2 nitrogen and oxygen atoms in total. The highest BCUT2D eigenvalue weighted by molar-refractivity contribution is 5.13. The molecule has 1 atom stereocenters. The highest BCUT2D eigenvalue weighted by atomic mass is 16.5. The molecule has 1 N–H and O–H groups in total. The van der Waals surface area contributed by atoms with Gasteiger partial charge in [0.25, 0.3) is 0 Å². The zero-order chi connectivity index (χ0) is 10.9. The van der Waals surface area contributed by atoms with Gasteiger partial charge in [0.1, 0.15) is 0 Å². The number of benzene rings is 1. The van der Waals surface area contributed by atoms with Crippen LogP contribution < -0.4 is 0 Å². The summed E-state index contributed by atoms with van der Waals surface area (Å²) in [6.45, 7) is 3.10. The van der Waals surface area contributed by atoms with Crippen molar-refractivity contribution < 1.29 is 9.84 Å². The predicted octanol–water partition coefficient (Wildman–Crippen LogP) is 2.53. The minimum Gasteiger partial charge on any atom is -0.389 e. The van der Waals surface area contributed by atoms with Crippen molar-refractivity contribution in [3.63, 3.8) is 0 Å². The van der Waals surface area contributed by atoms with E-state index in [1.807, 2.05) is 43.3 Å². The largest absolute Gasteiger partial charge is 0.389 e. The third-order valence-corrected chi connectivity index (χ3v) is 2.08. The number of allylic oxidation sites excluding steroid dienone is 1. The van der Waals surface area contributed by atoms with Gasteiger partial charge < -0.3 is 9.84 Å². The molecule has 1 aromatic rings. The van der Waals surface area contributed by atoms with Crippen LogP contribution in [0.5, 0.6) is 0 Å². The van der Waals surface area contributed by atoms with E-state index in [1.165, 1.54) is 0 Å². The van der Waals surface area contributed by atoms with Gasteiger partial charge in [-0.3, -0.25) is 0 Å². The van der Waals surface area contributed by atoms with E-state index in [1.54, 1.807) is 6.08 Å². The molecule has 82 valence electrons. The Labute approximate surface area is 91.2 Å². The van der Waals surface area contributed by atoms with Gasteiger partial charge in [-0.1, -0.05) is 42.5 Å². The molecule has 0 aliphatic heterocycles. The first-order valence-electron chi connectivity index (χ1n) is 5.25. The summed E-state index contributed by atoms with van der Waals surface area (Å²) in [4.78, 5) is 0. The van der Waals surface area contributed by atoms with E-state index in [9.17, 15) is 5.11 Å². The second kappa shape index (κ2) is 7.21. The normalized spacial score (nSPS) is 13.2. The van der Waals surface area contributed by atoms with Gasteiger partial charge in [-0.25, -0.2) is 0 Å². The molecule has 0 aliphatic rings. The van der Waals surface area contributed by atoms with Crippen molar-refractivity contribution in [1.82, 2.24) is 0 Å². The van der Waals surface area contributed by atoms with Gasteiger partial charge in [0.05, 0.1) is 12.7 Å². The average Bonchev–Trinajstić information content (AvgIpc) is 2.26. The first-order valence-corrected chi connectivity index (χ1v) is 5.25. The Bertz CT molecular complexity index is 280. The third-order valence-electron chi connectivity index (χ3n) is 2.08. The Morgan fingerprint density at radius 3 is 2.73 bits per heavy atom. The van der Waals surface area contributed by atoms with Crippen LogP contribution in [0.2, 0.25) is 0 Å². The van der Waals surface area contributed by atoms with Gasteiger partial charge in [0.15, 0.2) is 0 Å².